The van der Waals surface area contributed by atoms with Gasteiger partial charge in [-0.05, 0) is 58.7 Å². The van der Waals surface area contributed by atoms with Gasteiger partial charge in [0.25, 0.3) is 0 Å². The highest BCUT2D eigenvalue weighted by Gasteiger charge is 2.56. The Hall–Kier alpha value is -7.37. The average molecular weight is 1020 g/mol. The van der Waals surface area contributed by atoms with Gasteiger partial charge < -0.3 is 52.5 Å². The van der Waals surface area contributed by atoms with Crippen molar-refractivity contribution < 1.29 is 66.9 Å². The maximum Gasteiger partial charge on any atom is 0.338 e. The Bertz CT molecular complexity index is 2810. The molecular weight excluding hydrogens is 957 g/mol. The fourth-order valence-electron chi connectivity index (χ4n) is 8.81. The van der Waals surface area contributed by atoms with E-state index in [-0.39, 0.29) is 56.3 Å². The first-order chi connectivity index (χ1) is 36.9. The van der Waals surface area contributed by atoms with E-state index in [0.717, 1.165) is 22.3 Å². The molecule has 10 atom stereocenters. The molecule has 0 unspecified atom stereocenters. The third kappa shape index (κ3) is 14.5. The van der Waals surface area contributed by atoms with E-state index >= 15 is 0 Å². The van der Waals surface area contributed by atoms with Gasteiger partial charge in [0.2, 0.25) is 0 Å². The van der Waals surface area contributed by atoms with Crippen molar-refractivity contribution in [1.82, 2.24) is 0 Å². The maximum atomic E-state index is 14.4. The number of hydrogen-bond acceptors (Lipinski definition) is 14. The molecule has 2 aliphatic rings. The fraction of sp³-hybridized carbons (Fsp3) is 0.262. The van der Waals surface area contributed by atoms with Crippen molar-refractivity contribution in [3.63, 3.8) is 0 Å². The van der Waals surface area contributed by atoms with Gasteiger partial charge in [-0.15, -0.1) is 0 Å². The third-order valence-corrected chi connectivity index (χ3v) is 12.6. The van der Waals surface area contributed by atoms with E-state index in [1.54, 1.807) is 91.0 Å². The molecule has 0 aromatic heterocycles. The number of esters is 3. The predicted molar refractivity (Wildman–Crippen MR) is 274 cm³/mol. The number of carbonyl (C=O) groups excluding carboxylic acids is 3. The van der Waals surface area contributed by atoms with Gasteiger partial charge in [0, 0.05) is 0 Å². The summed E-state index contributed by atoms with van der Waals surface area (Å²) in [4.78, 5) is 42.7. The van der Waals surface area contributed by atoms with Crippen molar-refractivity contribution in [2.75, 3.05) is 13.2 Å². The maximum absolute atomic E-state index is 14.4. The molecule has 386 valence electrons. The number of hydrogen-bond donors (Lipinski definition) is 1. The number of ether oxygens (including phenoxy) is 10. The van der Waals surface area contributed by atoms with E-state index in [1.165, 1.54) is 0 Å². The van der Waals surface area contributed by atoms with Crippen LogP contribution in [0.4, 0.5) is 0 Å². The van der Waals surface area contributed by atoms with Crippen molar-refractivity contribution in [2.24, 2.45) is 0 Å². The molecule has 0 aliphatic carbocycles. The van der Waals surface area contributed by atoms with Gasteiger partial charge in [-0.25, -0.2) is 14.4 Å². The molecule has 0 amide bonds. The van der Waals surface area contributed by atoms with Crippen LogP contribution < -0.4 is 0 Å². The second kappa shape index (κ2) is 26.7. The van der Waals surface area contributed by atoms with Gasteiger partial charge >= 0.3 is 17.9 Å². The molecule has 7 aromatic rings. The monoisotopic (exact) mass is 1010 g/mol. The highest BCUT2D eigenvalue weighted by molar-refractivity contribution is 5.90. The zero-order valence-corrected chi connectivity index (χ0v) is 41.0. The minimum Gasteiger partial charge on any atom is -0.453 e. The van der Waals surface area contributed by atoms with Crippen molar-refractivity contribution in [3.05, 3.63) is 251 Å². The van der Waals surface area contributed by atoms with E-state index in [2.05, 4.69) is 0 Å². The number of aliphatic hydroxyl groups is 1. The van der Waals surface area contributed by atoms with Gasteiger partial charge in [-0.1, -0.05) is 176 Å². The Morgan fingerprint density at radius 1 is 0.360 bits per heavy atom. The first-order valence-corrected chi connectivity index (χ1v) is 24.8. The zero-order valence-electron chi connectivity index (χ0n) is 41.0. The predicted octanol–water partition coefficient (Wildman–Crippen LogP) is 9.09. The summed E-state index contributed by atoms with van der Waals surface area (Å²) in [6.07, 6.45) is -13.9. The molecule has 14 heteroatoms. The molecule has 1 N–H and O–H groups in total. The number of carbonyl (C=O) groups is 3. The van der Waals surface area contributed by atoms with Crippen LogP contribution in [-0.4, -0.2) is 97.6 Å². The standard InChI is InChI=1S/C61H58O14/c62-57(46-30-16-5-17-31-46)72-53-51(68-38-44-26-12-3-13-27-44)49(40-66-36-42-22-8-1-9-23-42)71-61(56(53)69-39-45-28-14-4-15-29-45)75-52-50(41-67-37-43-24-10-2-11-25-43)70-60(65)55(74-59(64)48-34-20-7-21-35-48)54(52)73-58(63)47-32-18-6-19-33-47/h1-35,49-56,60-61,65H,36-41H2/t49-,50-,51-,52-,53+,54+,55-,56+,60+,61+/m1/s1. The molecule has 14 nitrogen and oxygen atoms in total. The minimum atomic E-state index is -1.86. The lowest BCUT2D eigenvalue weighted by molar-refractivity contribution is -0.363. The van der Waals surface area contributed by atoms with Crippen LogP contribution in [0.5, 0.6) is 0 Å². The van der Waals surface area contributed by atoms with E-state index in [4.69, 9.17) is 47.4 Å². The molecule has 0 radical (unpaired) electrons. The summed E-state index contributed by atoms with van der Waals surface area (Å²) in [5.41, 5.74) is 3.96. The first-order valence-electron chi connectivity index (χ1n) is 24.8. The van der Waals surface area contributed by atoms with Crippen molar-refractivity contribution >= 4 is 17.9 Å². The highest BCUT2D eigenvalue weighted by Crippen LogP contribution is 2.36. The first kappa shape index (κ1) is 52.5. The van der Waals surface area contributed by atoms with Crippen molar-refractivity contribution in [1.29, 1.82) is 0 Å². The second-order valence-corrected chi connectivity index (χ2v) is 17.9. The van der Waals surface area contributed by atoms with E-state index in [9.17, 15) is 19.5 Å². The summed E-state index contributed by atoms with van der Waals surface area (Å²) in [5.74, 6) is -2.32. The Morgan fingerprint density at radius 2 is 0.680 bits per heavy atom. The van der Waals surface area contributed by atoms with Gasteiger partial charge in [-0.2, -0.15) is 0 Å². The molecule has 2 fully saturated rings. The second-order valence-electron chi connectivity index (χ2n) is 17.9. The van der Waals surface area contributed by atoms with Gasteiger partial charge in [0.05, 0.1) is 56.3 Å². The lowest BCUT2D eigenvalue weighted by atomic mass is 9.95. The zero-order chi connectivity index (χ0) is 51.6. The summed E-state index contributed by atoms with van der Waals surface area (Å²) in [5, 5.41) is 11.9. The third-order valence-electron chi connectivity index (χ3n) is 12.6. The van der Waals surface area contributed by atoms with E-state index in [0.29, 0.717) is 0 Å². The van der Waals surface area contributed by atoms with Crippen LogP contribution in [0.25, 0.3) is 0 Å². The smallest absolute Gasteiger partial charge is 0.338 e. The van der Waals surface area contributed by atoms with Crippen LogP contribution in [0.2, 0.25) is 0 Å². The topological polar surface area (TPSA) is 164 Å². The van der Waals surface area contributed by atoms with Gasteiger partial charge in [0.15, 0.2) is 30.9 Å². The van der Waals surface area contributed by atoms with Crippen LogP contribution in [0.15, 0.2) is 212 Å². The lowest BCUT2D eigenvalue weighted by Crippen LogP contribution is -2.66. The minimum absolute atomic E-state index is 0.0120. The number of benzene rings is 7. The Morgan fingerprint density at radius 3 is 1.08 bits per heavy atom. The lowest BCUT2D eigenvalue weighted by Gasteiger charge is -2.49. The highest BCUT2D eigenvalue weighted by atomic mass is 16.8. The van der Waals surface area contributed by atoms with E-state index in [1.807, 2.05) is 121 Å². The van der Waals surface area contributed by atoms with Crippen LogP contribution in [-0.2, 0) is 73.8 Å². The Balaban J connectivity index is 1.14. The van der Waals surface area contributed by atoms with Crippen molar-refractivity contribution in [2.45, 2.75) is 87.8 Å². The molecule has 2 heterocycles. The number of rotatable bonds is 22. The summed E-state index contributed by atoms with van der Waals surface area (Å²) < 4.78 is 65.7. The molecule has 0 saturated carbocycles. The normalized spacial score (nSPS) is 23.4. The molecule has 2 saturated heterocycles. The summed E-state index contributed by atoms with van der Waals surface area (Å²) in [6, 6.07) is 62.9. The molecule has 0 bridgehead atoms. The van der Waals surface area contributed by atoms with E-state index < -0.39 is 79.3 Å². The van der Waals surface area contributed by atoms with Crippen LogP contribution in [0.3, 0.4) is 0 Å². The Labute approximate surface area is 435 Å². The van der Waals surface area contributed by atoms with Crippen LogP contribution in [0, 0.1) is 0 Å². The summed E-state index contributed by atoms with van der Waals surface area (Å²) in [7, 11) is 0. The SMILES string of the molecule is O=C(O[C@@H]1[C@H](OCc2ccccc2)[C@H](O[C@H]2[C@H](OC(=O)c3ccccc3)[C@@H](OC(=O)c3ccccc3)[C@@H](O)O[C@@H]2COCc2ccccc2)O[C@H](COCc2ccccc2)[C@H]1OCc1ccccc1)c1ccccc1. The van der Waals surface area contributed by atoms with Gasteiger partial charge in [-0.3, -0.25) is 0 Å². The molecular formula is C61H58O14. The molecule has 0 spiro atoms. The molecule has 7 aromatic carbocycles. The molecule has 75 heavy (non-hydrogen) atoms. The summed E-state index contributed by atoms with van der Waals surface area (Å²) >= 11 is 0. The number of aliphatic hydroxyl groups excluding tert-OH is 1. The largest absolute Gasteiger partial charge is 0.453 e. The quantitative estimate of drug-likeness (QED) is 0.0505. The van der Waals surface area contributed by atoms with Gasteiger partial charge in [0.1, 0.15) is 30.5 Å². The van der Waals surface area contributed by atoms with Crippen LogP contribution in [0.1, 0.15) is 53.3 Å². The molecule has 9 rings (SSSR count). The average Bonchev–Trinajstić information content (AvgIpc) is 3.46. The van der Waals surface area contributed by atoms with Crippen LogP contribution >= 0.6 is 0 Å². The fourth-order valence-corrected chi connectivity index (χ4v) is 8.81. The molecule has 2 aliphatic heterocycles. The Kier molecular flexibility index (Phi) is 18.7. The van der Waals surface area contributed by atoms with Crippen molar-refractivity contribution in [3.8, 4) is 0 Å². The summed E-state index contributed by atoms with van der Waals surface area (Å²) in [6.45, 7) is 0.0826.